The van der Waals surface area contributed by atoms with Crippen LogP contribution in [0.15, 0.2) is 24.3 Å². The molecule has 0 heterocycles. The van der Waals surface area contributed by atoms with E-state index in [2.05, 4.69) is 0 Å². The van der Waals surface area contributed by atoms with Gasteiger partial charge in [-0.25, -0.2) is 0 Å². The molecule has 1 unspecified atom stereocenters. The van der Waals surface area contributed by atoms with E-state index >= 15 is 0 Å². The third kappa shape index (κ3) is 3.82. The summed E-state index contributed by atoms with van der Waals surface area (Å²) in [4.78, 5) is 0. The van der Waals surface area contributed by atoms with Crippen LogP contribution in [0.2, 0.25) is 5.02 Å². The molecule has 3 heteroatoms. The lowest BCUT2D eigenvalue weighted by Crippen LogP contribution is -2.15. The SMILES string of the molecule is CCOCCC(CN)c1ccccc1Cl. The zero-order chi connectivity index (χ0) is 11.1. The van der Waals surface area contributed by atoms with Crippen molar-refractivity contribution in [3.63, 3.8) is 0 Å². The molecule has 1 aromatic carbocycles. The summed E-state index contributed by atoms with van der Waals surface area (Å²) < 4.78 is 5.33. The fraction of sp³-hybridized carbons (Fsp3) is 0.500. The fourth-order valence-electron chi connectivity index (χ4n) is 1.58. The van der Waals surface area contributed by atoms with Crippen molar-refractivity contribution in [1.82, 2.24) is 0 Å². The highest BCUT2D eigenvalue weighted by molar-refractivity contribution is 6.31. The Labute approximate surface area is 96.4 Å². The zero-order valence-electron chi connectivity index (χ0n) is 9.08. The van der Waals surface area contributed by atoms with Gasteiger partial charge in [0.15, 0.2) is 0 Å². The molecule has 0 spiro atoms. The van der Waals surface area contributed by atoms with Gasteiger partial charge in [0, 0.05) is 18.2 Å². The average molecular weight is 228 g/mol. The predicted octanol–water partition coefficient (Wildman–Crippen LogP) is 2.81. The number of hydrogen-bond donors (Lipinski definition) is 1. The normalized spacial score (nSPS) is 12.7. The van der Waals surface area contributed by atoms with Crippen LogP contribution in [0.5, 0.6) is 0 Å². The fourth-order valence-corrected chi connectivity index (χ4v) is 1.87. The molecule has 0 fully saturated rings. The summed E-state index contributed by atoms with van der Waals surface area (Å²) in [6, 6.07) is 7.86. The Morgan fingerprint density at radius 3 is 2.73 bits per heavy atom. The molecule has 0 saturated carbocycles. The lowest BCUT2D eigenvalue weighted by molar-refractivity contribution is 0.140. The maximum atomic E-state index is 6.11. The Morgan fingerprint density at radius 1 is 1.40 bits per heavy atom. The Morgan fingerprint density at radius 2 is 2.13 bits per heavy atom. The van der Waals surface area contributed by atoms with Crippen LogP contribution in [0.1, 0.15) is 24.8 Å². The van der Waals surface area contributed by atoms with Gasteiger partial charge in [-0.2, -0.15) is 0 Å². The lowest BCUT2D eigenvalue weighted by Gasteiger charge is -2.16. The van der Waals surface area contributed by atoms with E-state index in [9.17, 15) is 0 Å². The summed E-state index contributed by atoms with van der Waals surface area (Å²) in [5.74, 6) is 0.297. The minimum absolute atomic E-state index is 0.297. The molecular weight excluding hydrogens is 210 g/mol. The van der Waals surface area contributed by atoms with Crippen molar-refractivity contribution < 1.29 is 4.74 Å². The standard InChI is InChI=1S/C12H18ClNO/c1-2-15-8-7-10(9-14)11-5-3-4-6-12(11)13/h3-6,10H,2,7-9,14H2,1H3. The summed E-state index contributed by atoms with van der Waals surface area (Å²) in [5, 5.41) is 0.796. The van der Waals surface area contributed by atoms with Gasteiger partial charge in [-0.05, 0) is 37.4 Å². The molecule has 0 amide bonds. The van der Waals surface area contributed by atoms with E-state index in [0.717, 1.165) is 30.2 Å². The minimum Gasteiger partial charge on any atom is -0.382 e. The van der Waals surface area contributed by atoms with E-state index in [0.29, 0.717) is 12.5 Å². The second-order valence-electron chi connectivity index (χ2n) is 3.44. The van der Waals surface area contributed by atoms with Crippen LogP contribution in [0.25, 0.3) is 0 Å². The molecule has 2 nitrogen and oxygen atoms in total. The maximum Gasteiger partial charge on any atom is 0.0472 e. The first-order valence-corrected chi connectivity index (χ1v) is 5.69. The molecule has 1 aromatic rings. The van der Waals surface area contributed by atoms with E-state index in [4.69, 9.17) is 22.1 Å². The summed E-state index contributed by atoms with van der Waals surface area (Å²) in [5.41, 5.74) is 6.87. The third-order valence-corrected chi connectivity index (χ3v) is 2.79. The highest BCUT2D eigenvalue weighted by atomic mass is 35.5. The topological polar surface area (TPSA) is 35.2 Å². The molecule has 0 aliphatic carbocycles. The average Bonchev–Trinajstić information content (AvgIpc) is 2.26. The van der Waals surface area contributed by atoms with Gasteiger partial charge in [-0.3, -0.25) is 0 Å². The molecule has 0 saturated heterocycles. The van der Waals surface area contributed by atoms with Gasteiger partial charge in [-0.1, -0.05) is 29.8 Å². The monoisotopic (exact) mass is 227 g/mol. The van der Waals surface area contributed by atoms with Crippen LogP contribution in [0, 0.1) is 0 Å². The Kier molecular flexibility index (Phi) is 5.69. The molecule has 84 valence electrons. The van der Waals surface area contributed by atoms with Gasteiger partial charge in [0.1, 0.15) is 0 Å². The molecule has 0 radical (unpaired) electrons. The van der Waals surface area contributed by atoms with Gasteiger partial charge in [0.2, 0.25) is 0 Å². The number of halogens is 1. The number of ether oxygens (including phenoxy) is 1. The van der Waals surface area contributed by atoms with E-state index in [1.165, 1.54) is 0 Å². The molecule has 15 heavy (non-hydrogen) atoms. The minimum atomic E-state index is 0.297. The van der Waals surface area contributed by atoms with Crippen molar-refractivity contribution >= 4 is 11.6 Å². The van der Waals surface area contributed by atoms with Gasteiger partial charge in [-0.15, -0.1) is 0 Å². The quantitative estimate of drug-likeness (QED) is 0.759. The second-order valence-corrected chi connectivity index (χ2v) is 3.85. The number of benzene rings is 1. The molecule has 0 aliphatic heterocycles. The van der Waals surface area contributed by atoms with Crippen molar-refractivity contribution in [1.29, 1.82) is 0 Å². The smallest absolute Gasteiger partial charge is 0.0472 e. The van der Waals surface area contributed by atoms with E-state index in [1.807, 2.05) is 31.2 Å². The summed E-state index contributed by atoms with van der Waals surface area (Å²) in [7, 11) is 0. The van der Waals surface area contributed by atoms with Crippen molar-refractivity contribution in [3.8, 4) is 0 Å². The molecule has 1 atom stereocenters. The third-order valence-electron chi connectivity index (χ3n) is 2.44. The molecular formula is C12H18ClNO. The first-order chi connectivity index (χ1) is 7.29. The lowest BCUT2D eigenvalue weighted by atomic mass is 9.96. The van der Waals surface area contributed by atoms with Gasteiger partial charge >= 0.3 is 0 Å². The molecule has 0 bridgehead atoms. The Balaban J connectivity index is 2.61. The molecule has 0 aromatic heterocycles. The van der Waals surface area contributed by atoms with Gasteiger partial charge in [0.05, 0.1) is 0 Å². The van der Waals surface area contributed by atoms with Gasteiger partial charge in [0.25, 0.3) is 0 Å². The number of hydrogen-bond acceptors (Lipinski definition) is 2. The number of rotatable bonds is 6. The summed E-state index contributed by atoms with van der Waals surface area (Å²) in [6.45, 7) is 4.09. The second kappa shape index (κ2) is 6.83. The van der Waals surface area contributed by atoms with Crippen LogP contribution in [0.4, 0.5) is 0 Å². The molecule has 0 aliphatic rings. The largest absolute Gasteiger partial charge is 0.382 e. The molecule has 1 rings (SSSR count). The van der Waals surface area contributed by atoms with Crippen molar-refractivity contribution in [2.45, 2.75) is 19.3 Å². The predicted molar refractivity (Wildman–Crippen MR) is 64.4 cm³/mol. The van der Waals surface area contributed by atoms with E-state index in [-0.39, 0.29) is 0 Å². The van der Waals surface area contributed by atoms with E-state index < -0.39 is 0 Å². The molecule has 2 N–H and O–H groups in total. The van der Waals surface area contributed by atoms with Crippen LogP contribution in [-0.2, 0) is 4.74 Å². The first kappa shape index (κ1) is 12.5. The van der Waals surface area contributed by atoms with Gasteiger partial charge < -0.3 is 10.5 Å². The Hall–Kier alpha value is -0.570. The number of nitrogens with two attached hydrogens (primary N) is 1. The van der Waals surface area contributed by atoms with Crippen LogP contribution >= 0.6 is 11.6 Å². The van der Waals surface area contributed by atoms with Crippen molar-refractivity contribution in [2.75, 3.05) is 19.8 Å². The van der Waals surface area contributed by atoms with Crippen LogP contribution in [0.3, 0.4) is 0 Å². The van der Waals surface area contributed by atoms with Crippen LogP contribution in [-0.4, -0.2) is 19.8 Å². The Bertz CT molecular complexity index is 291. The first-order valence-electron chi connectivity index (χ1n) is 5.31. The van der Waals surface area contributed by atoms with E-state index in [1.54, 1.807) is 0 Å². The van der Waals surface area contributed by atoms with Crippen LogP contribution < -0.4 is 5.73 Å². The van der Waals surface area contributed by atoms with Crippen molar-refractivity contribution in [3.05, 3.63) is 34.9 Å². The highest BCUT2D eigenvalue weighted by Crippen LogP contribution is 2.25. The van der Waals surface area contributed by atoms with Crippen molar-refractivity contribution in [2.24, 2.45) is 5.73 Å². The zero-order valence-corrected chi connectivity index (χ0v) is 9.83. The highest BCUT2D eigenvalue weighted by Gasteiger charge is 2.12. The maximum absolute atomic E-state index is 6.11. The summed E-state index contributed by atoms with van der Waals surface area (Å²) in [6.07, 6.45) is 0.925. The summed E-state index contributed by atoms with van der Waals surface area (Å²) >= 11 is 6.11.